The lowest BCUT2D eigenvalue weighted by atomic mass is 10.2. The molecule has 3 nitrogen and oxygen atoms in total. The van der Waals surface area contributed by atoms with E-state index in [1.807, 2.05) is 30.3 Å². The first kappa shape index (κ1) is 14.3. The number of nitrogens with one attached hydrogen (secondary N) is 1. The summed E-state index contributed by atoms with van der Waals surface area (Å²) in [4.78, 5) is 11.4. The Hall–Kier alpha value is -1.77. The minimum Gasteiger partial charge on any atom is -0.493 e. The van der Waals surface area contributed by atoms with Gasteiger partial charge in [-0.25, -0.2) is 0 Å². The summed E-state index contributed by atoms with van der Waals surface area (Å²) in [5.41, 5.74) is 0.928. The van der Waals surface area contributed by atoms with Crippen molar-refractivity contribution in [2.75, 3.05) is 13.7 Å². The van der Waals surface area contributed by atoms with Gasteiger partial charge in [0.15, 0.2) is 0 Å². The second-order valence-electron chi connectivity index (χ2n) is 4.04. The Labute approximate surface area is 109 Å². The van der Waals surface area contributed by atoms with E-state index in [0.717, 1.165) is 24.8 Å². The van der Waals surface area contributed by atoms with Gasteiger partial charge in [0.2, 0.25) is 5.91 Å². The van der Waals surface area contributed by atoms with Crippen molar-refractivity contribution < 1.29 is 9.53 Å². The predicted octanol–water partition coefficient (Wildman–Crippen LogP) is 2.98. The fourth-order valence-corrected chi connectivity index (χ4v) is 1.54. The Morgan fingerprint density at radius 2 is 2.00 bits per heavy atom. The highest BCUT2D eigenvalue weighted by Crippen LogP contribution is 2.16. The van der Waals surface area contributed by atoms with Crippen molar-refractivity contribution in [3.63, 3.8) is 0 Å². The van der Waals surface area contributed by atoms with Crippen LogP contribution in [0.4, 0.5) is 0 Å². The molecule has 1 rings (SSSR count). The molecular formula is C15H21NO2. The van der Waals surface area contributed by atoms with Crippen molar-refractivity contribution in [1.82, 2.24) is 5.32 Å². The summed E-state index contributed by atoms with van der Waals surface area (Å²) < 4.78 is 5.70. The first-order valence-electron chi connectivity index (χ1n) is 6.39. The number of carbonyl (C=O) groups excluding carboxylic acids is 1. The number of rotatable bonds is 7. The maximum atomic E-state index is 11.4. The molecular weight excluding hydrogens is 226 g/mol. The zero-order valence-corrected chi connectivity index (χ0v) is 11.1. The Morgan fingerprint density at radius 1 is 1.28 bits per heavy atom. The lowest BCUT2D eigenvalue weighted by Gasteiger charge is -2.10. The van der Waals surface area contributed by atoms with E-state index in [1.54, 1.807) is 7.05 Å². The highest BCUT2D eigenvalue weighted by Gasteiger charge is 2.04. The summed E-state index contributed by atoms with van der Waals surface area (Å²) in [6, 6.07) is 9.69. The van der Waals surface area contributed by atoms with Gasteiger partial charge in [0.05, 0.1) is 6.61 Å². The van der Waals surface area contributed by atoms with Crippen molar-refractivity contribution in [2.45, 2.75) is 26.2 Å². The smallest absolute Gasteiger partial charge is 0.247 e. The van der Waals surface area contributed by atoms with Crippen LogP contribution in [0, 0.1) is 0 Å². The molecule has 0 saturated carbocycles. The second-order valence-corrected chi connectivity index (χ2v) is 4.04. The number of ether oxygens (including phenoxy) is 1. The molecule has 0 saturated heterocycles. The Morgan fingerprint density at radius 3 is 2.61 bits per heavy atom. The molecule has 1 aromatic carbocycles. The summed E-state index contributed by atoms with van der Waals surface area (Å²) in [5, 5.41) is 2.57. The van der Waals surface area contributed by atoms with Crippen molar-refractivity contribution in [3.8, 4) is 0 Å². The Bertz CT molecular complexity index is 385. The van der Waals surface area contributed by atoms with E-state index in [4.69, 9.17) is 4.74 Å². The fourth-order valence-electron chi connectivity index (χ4n) is 1.54. The van der Waals surface area contributed by atoms with Crippen LogP contribution in [0.5, 0.6) is 0 Å². The average molecular weight is 247 g/mol. The number of likely N-dealkylation sites (N-methyl/N-ethyl adjacent to an activating group) is 1. The predicted molar refractivity (Wildman–Crippen MR) is 74.0 cm³/mol. The molecule has 0 heterocycles. The number of hydrogen-bond donors (Lipinski definition) is 1. The lowest BCUT2D eigenvalue weighted by Crippen LogP contribution is -2.15. The molecule has 1 aromatic rings. The van der Waals surface area contributed by atoms with Gasteiger partial charge in [-0.2, -0.15) is 0 Å². The van der Waals surface area contributed by atoms with Gasteiger partial charge in [0.25, 0.3) is 0 Å². The average Bonchev–Trinajstić information content (AvgIpc) is 2.43. The topological polar surface area (TPSA) is 38.3 Å². The van der Waals surface area contributed by atoms with E-state index in [2.05, 4.69) is 12.2 Å². The van der Waals surface area contributed by atoms with E-state index in [0.29, 0.717) is 12.4 Å². The van der Waals surface area contributed by atoms with Crippen LogP contribution >= 0.6 is 0 Å². The molecule has 1 N–H and O–H groups in total. The van der Waals surface area contributed by atoms with Crippen LogP contribution < -0.4 is 5.32 Å². The van der Waals surface area contributed by atoms with Gasteiger partial charge in [-0.15, -0.1) is 0 Å². The summed E-state index contributed by atoms with van der Waals surface area (Å²) >= 11 is 0. The highest BCUT2D eigenvalue weighted by molar-refractivity contribution is 5.93. The minimum absolute atomic E-state index is 0.149. The van der Waals surface area contributed by atoms with E-state index in [9.17, 15) is 4.79 Å². The fraction of sp³-hybridized carbons (Fsp3) is 0.400. The molecule has 0 spiro atoms. The zero-order chi connectivity index (χ0) is 13.2. The monoisotopic (exact) mass is 247 g/mol. The normalized spacial score (nSPS) is 11.1. The quantitative estimate of drug-likeness (QED) is 0.457. The van der Waals surface area contributed by atoms with Crippen molar-refractivity contribution in [1.29, 1.82) is 0 Å². The van der Waals surface area contributed by atoms with Gasteiger partial charge >= 0.3 is 0 Å². The van der Waals surface area contributed by atoms with E-state index in [-0.39, 0.29) is 5.91 Å². The van der Waals surface area contributed by atoms with Crippen LogP contribution in [-0.4, -0.2) is 19.6 Å². The Kier molecular flexibility index (Phi) is 6.62. The molecule has 0 fully saturated rings. The highest BCUT2D eigenvalue weighted by atomic mass is 16.5. The first-order valence-corrected chi connectivity index (χ1v) is 6.39. The zero-order valence-electron chi connectivity index (χ0n) is 11.1. The van der Waals surface area contributed by atoms with Gasteiger partial charge in [-0.3, -0.25) is 4.79 Å². The largest absolute Gasteiger partial charge is 0.493 e. The van der Waals surface area contributed by atoms with Gasteiger partial charge < -0.3 is 10.1 Å². The summed E-state index contributed by atoms with van der Waals surface area (Å²) in [6.07, 6.45) is 4.81. The number of amides is 1. The molecule has 0 radical (unpaired) electrons. The van der Waals surface area contributed by atoms with Crippen LogP contribution in [0.1, 0.15) is 31.7 Å². The molecule has 0 aromatic heterocycles. The van der Waals surface area contributed by atoms with E-state index in [1.165, 1.54) is 6.08 Å². The van der Waals surface area contributed by atoms with Crippen LogP contribution in [0.15, 0.2) is 36.4 Å². The SMILES string of the molecule is CCCCCOC(=CC(=O)NC)c1ccccc1. The first-order chi connectivity index (χ1) is 8.77. The minimum atomic E-state index is -0.149. The summed E-state index contributed by atoms with van der Waals surface area (Å²) in [6.45, 7) is 2.80. The van der Waals surface area contributed by atoms with E-state index >= 15 is 0 Å². The maximum absolute atomic E-state index is 11.4. The van der Waals surface area contributed by atoms with Crippen LogP contribution in [-0.2, 0) is 9.53 Å². The molecule has 98 valence electrons. The third-order valence-corrected chi connectivity index (χ3v) is 2.57. The molecule has 0 unspecified atom stereocenters. The van der Waals surface area contributed by atoms with Crippen LogP contribution in [0.3, 0.4) is 0 Å². The third kappa shape index (κ3) is 5.04. The molecule has 1 amide bonds. The molecule has 3 heteroatoms. The molecule has 0 atom stereocenters. The Balaban J connectivity index is 2.70. The number of benzene rings is 1. The van der Waals surface area contributed by atoms with Gasteiger partial charge in [-0.05, 0) is 6.42 Å². The van der Waals surface area contributed by atoms with Crippen molar-refractivity contribution in [2.24, 2.45) is 0 Å². The maximum Gasteiger partial charge on any atom is 0.247 e. The molecule has 0 aliphatic rings. The second kappa shape index (κ2) is 8.34. The van der Waals surface area contributed by atoms with Gasteiger partial charge in [0, 0.05) is 18.7 Å². The molecule has 0 bridgehead atoms. The van der Waals surface area contributed by atoms with Crippen LogP contribution in [0.25, 0.3) is 5.76 Å². The molecule has 0 aliphatic carbocycles. The summed E-state index contributed by atoms with van der Waals surface area (Å²) in [7, 11) is 1.61. The molecule has 18 heavy (non-hydrogen) atoms. The summed E-state index contributed by atoms with van der Waals surface area (Å²) in [5.74, 6) is 0.482. The third-order valence-electron chi connectivity index (χ3n) is 2.57. The van der Waals surface area contributed by atoms with Crippen molar-refractivity contribution in [3.05, 3.63) is 42.0 Å². The number of hydrogen-bond acceptors (Lipinski definition) is 2. The van der Waals surface area contributed by atoms with Gasteiger partial charge in [0.1, 0.15) is 5.76 Å². The van der Waals surface area contributed by atoms with Crippen LogP contribution in [0.2, 0.25) is 0 Å². The van der Waals surface area contributed by atoms with E-state index < -0.39 is 0 Å². The lowest BCUT2D eigenvalue weighted by molar-refractivity contribution is -0.116. The molecule has 0 aliphatic heterocycles. The number of carbonyl (C=O) groups is 1. The van der Waals surface area contributed by atoms with Crippen molar-refractivity contribution >= 4 is 11.7 Å². The number of unbranched alkanes of at least 4 members (excludes halogenated alkanes) is 2. The standard InChI is InChI=1S/C15H21NO2/c1-3-4-8-11-18-14(12-15(17)16-2)13-9-6-5-7-10-13/h5-7,9-10,12H,3-4,8,11H2,1-2H3,(H,16,17). The van der Waals surface area contributed by atoms with Gasteiger partial charge in [-0.1, -0.05) is 50.1 Å².